The zero-order valence-electron chi connectivity index (χ0n) is 9.66. The molecule has 1 aliphatic heterocycles. The molecule has 90 valence electrons. The summed E-state index contributed by atoms with van der Waals surface area (Å²) in [7, 11) is 0. The third-order valence-corrected chi connectivity index (χ3v) is 3.50. The Morgan fingerprint density at radius 1 is 1.29 bits per heavy atom. The van der Waals surface area contributed by atoms with E-state index in [9.17, 15) is 9.59 Å². The normalized spacial score (nSPS) is 18.4. The number of imide groups is 1. The Morgan fingerprint density at radius 2 is 1.94 bits per heavy atom. The van der Waals surface area contributed by atoms with Gasteiger partial charge in [-0.2, -0.15) is 0 Å². The fourth-order valence-corrected chi connectivity index (χ4v) is 2.17. The zero-order chi connectivity index (χ0) is 12.6. The minimum atomic E-state index is -0.807. The minimum absolute atomic E-state index is 0.196. The van der Waals surface area contributed by atoms with E-state index >= 15 is 0 Å². The molecule has 4 nitrogen and oxygen atoms in total. The van der Waals surface area contributed by atoms with Gasteiger partial charge in [0.1, 0.15) is 5.54 Å². The van der Waals surface area contributed by atoms with Crippen molar-refractivity contribution in [2.45, 2.75) is 25.9 Å². The van der Waals surface area contributed by atoms with E-state index in [2.05, 4.69) is 21.2 Å². The van der Waals surface area contributed by atoms with Gasteiger partial charge < -0.3 is 5.32 Å². The Labute approximate surface area is 108 Å². The second-order valence-electron chi connectivity index (χ2n) is 4.54. The molecule has 1 fully saturated rings. The standard InChI is InChI=1S/C12H13BrN2O2/c1-12(2)10(16)15(11(17)14-12)7-8-5-3-4-6-9(8)13/h3-6H,7H2,1-2H3,(H,14,17). The quantitative estimate of drug-likeness (QED) is 0.851. The molecule has 0 aromatic heterocycles. The largest absolute Gasteiger partial charge is 0.325 e. The van der Waals surface area contributed by atoms with Crippen LogP contribution in [0.1, 0.15) is 19.4 Å². The van der Waals surface area contributed by atoms with Crippen molar-refractivity contribution in [2.24, 2.45) is 0 Å². The molecule has 0 aliphatic carbocycles. The van der Waals surface area contributed by atoms with Gasteiger partial charge in [-0.3, -0.25) is 9.69 Å². The Bertz CT molecular complexity index is 485. The summed E-state index contributed by atoms with van der Waals surface area (Å²) in [5.41, 5.74) is 0.104. The van der Waals surface area contributed by atoms with Crippen molar-refractivity contribution >= 4 is 27.9 Å². The van der Waals surface area contributed by atoms with Crippen LogP contribution in [0.25, 0.3) is 0 Å². The molecular weight excluding hydrogens is 284 g/mol. The van der Waals surface area contributed by atoms with E-state index in [0.29, 0.717) is 0 Å². The lowest BCUT2D eigenvalue weighted by molar-refractivity contribution is -0.130. The van der Waals surface area contributed by atoms with E-state index in [4.69, 9.17) is 0 Å². The van der Waals surface area contributed by atoms with E-state index in [1.807, 2.05) is 24.3 Å². The van der Waals surface area contributed by atoms with Crippen LogP contribution in [0.5, 0.6) is 0 Å². The number of halogens is 1. The highest BCUT2D eigenvalue weighted by molar-refractivity contribution is 9.10. The number of carbonyl (C=O) groups excluding carboxylic acids is 2. The molecule has 1 aromatic rings. The third-order valence-electron chi connectivity index (χ3n) is 2.73. The van der Waals surface area contributed by atoms with Crippen molar-refractivity contribution in [2.75, 3.05) is 0 Å². The molecule has 2 rings (SSSR count). The first-order chi connectivity index (χ1) is 7.92. The van der Waals surface area contributed by atoms with Crippen LogP contribution in [0.4, 0.5) is 4.79 Å². The van der Waals surface area contributed by atoms with Crippen molar-refractivity contribution in [3.63, 3.8) is 0 Å². The first-order valence-corrected chi connectivity index (χ1v) is 6.08. The molecule has 0 unspecified atom stereocenters. The van der Waals surface area contributed by atoms with Crippen molar-refractivity contribution in [1.29, 1.82) is 0 Å². The third kappa shape index (κ3) is 2.20. The minimum Gasteiger partial charge on any atom is -0.324 e. The van der Waals surface area contributed by atoms with Crippen LogP contribution in [-0.4, -0.2) is 22.4 Å². The molecule has 1 heterocycles. The molecule has 17 heavy (non-hydrogen) atoms. The molecule has 0 spiro atoms. The lowest BCUT2D eigenvalue weighted by Crippen LogP contribution is -2.40. The van der Waals surface area contributed by atoms with Crippen molar-refractivity contribution in [3.8, 4) is 0 Å². The number of hydrogen-bond donors (Lipinski definition) is 1. The van der Waals surface area contributed by atoms with Gasteiger partial charge in [-0.25, -0.2) is 4.79 Å². The Morgan fingerprint density at radius 3 is 2.47 bits per heavy atom. The van der Waals surface area contributed by atoms with Gasteiger partial charge in [0, 0.05) is 4.47 Å². The lowest BCUT2D eigenvalue weighted by Gasteiger charge is -2.16. The van der Waals surface area contributed by atoms with Gasteiger partial charge in [-0.1, -0.05) is 34.1 Å². The van der Waals surface area contributed by atoms with Crippen LogP contribution < -0.4 is 5.32 Å². The van der Waals surface area contributed by atoms with Crippen molar-refractivity contribution < 1.29 is 9.59 Å². The first-order valence-electron chi connectivity index (χ1n) is 5.29. The Kier molecular flexibility index (Phi) is 2.95. The number of carbonyl (C=O) groups is 2. The lowest BCUT2D eigenvalue weighted by atomic mass is 10.1. The summed E-state index contributed by atoms with van der Waals surface area (Å²) in [5, 5.41) is 2.65. The predicted molar refractivity (Wildman–Crippen MR) is 67.3 cm³/mol. The molecule has 1 N–H and O–H groups in total. The van der Waals surface area contributed by atoms with Gasteiger partial charge in [0.25, 0.3) is 5.91 Å². The summed E-state index contributed by atoms with van der Waals surface area (Å²) in [6, 6.07) is 7.21. The number of rotatable bonds is 2. The van der Waals surface area contributed by atoms with Crippen LogP contribution in [-0.2, 0) is 11.3 Å². The van der Waals surface area contributed by atoms with Gasteiger partial charge in [-0.05, 0) is 25.5 Å². The van der Waals surface area contributed by atoms with Crippen LogP contribution >= 0.6 is 15.9 Å². The summed E-state index contributed by atoms with van der Waals surface area (Å²) >= 11 is 3.40. The van der Waals surface area contributed by atoms with Crippen LogP contribution in [0, 0.1) is 0 Å². The molecule has 0 atom stereocenters. The van der Waals surface area contributed by atoms with Gasteiger partial charge >= 0.3 is 6.03 Å². The SMILES string of the molecule is CC1(C)NC(=O)N(Cc2ccccc2Br)C1=O. The Balaban J connectivity index is 2.23. The summed E-state index contributed by atoms with van der Waals surface area (Å²) in [4.78, 5) is 24.9. The highest BCUT2D eigenvalue weighted by atomic mass is 79.9. The molecule has 3 amide bonds. The molecule has 5 heteroatoms. The number of urea groups is 1. The number of hydrogen-bond acceptors (Lipinski definition) is 2. The molecule has 0 saturated carbocycles. The van der Waals surface area contributed by atoms with E-state index in [1.165, 1.54) is 4.90 Å². The van der Waals surface area contributed by atoms with E-state index in [0.717, 1.165) is 10.0 Å². The van der Waals surface area contributed by atoms with Gasteiger partial charge in [0.05, 0.1) is 6.54 Å². The number of nitrogens with zero attached hydrogens (tertiary/aromatic N) is 1. The second kappa shape index (κ2) is 4.14. The fraction of sp³-hybridized carbons (Fsp3) is 0.333. The average Bonchev–Trinajstić information content (AvgIpc) is 2.43. The van der Waals surface area contributed by atoms with Gasteiger partial charge in [0.2, 0.25) is 0 Å². The van der Waals surface area contributed by atoms with Crippen LogP contribution in [0.15, 0.2) is 28.7 Å². The van der Waals surface area contributed by atoms with E-state index < -0.39 is 5.54 Å². The molecule has 1 aromatic carbocycles. The second-order valence-corrected chi connectivity index (χ2v) is 5.39. The van der Waals surface area contributed by atoms with Gasteiger partial charge in [0.15, 0.2) is 0 Å². The maximum absolute atomic E-state index is 12.0. The first kappa shape index (κ1) is 12.1. The summed E-state index contributed by atoms with van der Waals surface area (Å²) < 4.78 is 0.894. The maximum atomic E-state index is 12.0. The monoisotopic (exact) mass is 296 g/mol. The smallest absolute Gasteiger partial charge is 0.324 e. The highest BCUT2D eigenvalue weighted by Gasteiger charge is 2.44. The Hall–Kier alpha value is -1.36. The van der Waals surface area contributed by atoms with E-state index in [-0.39, 0.29) is 18.5 Å². The van der Waals surface area contributed by atoms with Gasteiger partial charge in [-0.15, -0.1) is 0 Å². The summed E-state index contributed by atoms with van der Waals surface area (Å²) in [6.07, 6.45) is 0. The van der Waals surface area contributed by atoms with E-state index in [1.54, 1.807) is 13.8 Å². The van der Waals surface area contributed by atoms with Crippen LogP contribution in [0.3, 0.4) is 0 Å². The maximum Gasteiger partial charge on any atom is 0.325 e. The topological polar surface area (TPSA) is 49.4 Å². The van der Waals surface area contributed by atoms with Crippen molar-refractivity contribution in [3.05, 3.63) is 34.3 Å². The molecule has 1 aliphatic rings. The number of benzene rings is 1. The van der Waals surface area contributed by atoms with Crippen molar-refractivity contribution in [1.82, 2.24) is 10.2 Å². The molecular formula is C12H13BrN2O2. The van der Waals surface area contributed by atoms with Crippen LogP contribution in [0.2, 0.25) is 0 Å². The average molecular weight is 297 g/mol. The molecule has 1 saturated heterocycles. The highest BCUT2D eigenvalue weighted by Crippen LogP contribution is 2.22. The number of amides is 3. The zero-order valence-corrected chi connectivity index (χ0v) is 11.2. The fourth-order valence-electron chi connectivity index (χ4n) is 1.76. The summed E-state index contributed by atoms with van der Waals surface area (Å²) in [6.45, 7) is 3.69. The number of nitrogens with one attached hydrogen (secondary N) is 1. The summed E-state index contributed by atoms with van der Waals surface area (Å²) in [5.74, 6) is -0.196. The molecule has 0 radical (unpaired) electrons. The predicted octanol–water partition coefficient (Wildman–Crippen LogP) is 2.28. The molecule has 0 bridgehead atoms.